The van der Waals surface area contributed by atoms with Gasteiger partial charge in [-0.25, -0.2) is 4.31 Å². The van der Waals surface area contributed by atoms with Crippen molar-refractivity contribution in [3.63, 3.8) is 0 Å². The van der Waals surface area contributed by atoms with Gasteiger partial charge in [0.1, 0.15) is 0 Å². The Labute approximate surface area is 184 Å². The Kier molecular flexibility index (Phi) is 9.36. The second-order valence-corrected chi connectivity index (χ2v) is 8.34. The summed E-state index contributed by atoms with van der Waals surface area (Å²) >= 11 is 1.76. The molecule has 3 N–H and O–H groups in total. The highest BCUT2D eigenvalue weighted by Crippen LogP contribution is 2.32. The number of fused-ring (bicyclic) bond motifs is 1. The molecule has 0 saturated carbocycles. The number of aliphatic imine (C=N–C) groups is 1. The molecule has 7 heteroatoms. The van der Waals surface area contributed by atoms with Gasteiger partial charge in [-0.05, 0) is 56.5 Å². The van der Waals surface area contributed by atoms with Gasteiger partial charge in [-0.15, -0.1) is 0 Å². The van der Waals surface area contributed by atoms with Gasteiger partial charge in [0, 0.05) is 61.8 Å². The molecule has 1 aliphatic rings. The molecule has 162 valence electrons. The molecule has 0 atom stereocenters. The van der Waals surface area contributed by atoms with Crippen LogP contribution in [0.1, 0.15) is 34.2 Å². The maximum absolute atomic E-state index is 11.0. The molecule has 2 heterocycles. The molecule has 3 rings (SSSR count). The minimum Gasteiger partial charge on any atom is -0.404 e. The standard InChI is InChI=1S/C16H18N2OS.C7H15N3/c1-12-16(9-15(11-19)17(12)2)20-18-8-7-13-5-3-4-6-14(13)10-18;1-6(10-3)7(4-8)5-9-2/h3-6,9,11H,7-8,10H2,1-2H3;4,9H,5,8H2,1-3H3/b;7-4-,10-6?. The van der Waals surface area contributed by atoms with Crippen molar-refractivity contribution >= 4 is 23.9 Å². The van der Waals surface area contributed by atoms with Crippen LogP contribution in [0.3, 0.4) is 0 Å². The van der Waals surface area contributed by atoms with Crippen molar-refractivity contribution in [2.45, 2.75) is 31.7 Å². The van der Waals surface area contributed by atoms with Gasteiger partial charge in [0.05, 0.1) is 5.69 Å². The lowest BCUT2D eigenvalue weighted by Gasteiger charge is -2.27. The zero-order chi connectivity index (χ0) is 22.1. The minimum atomic E-state index is 0.738. The number of hydrogen-bond donors (Lipinski definition) is 2. The van der Waals surface area contributed by atoms with Crippen LogP contribution in [-0.2, 0) is 20.0 Å². The van der Waals surface area contributed by atoms with Crippen molar-refractivity contribution in [1.82, 2.24) is 14.2 Å². The SMILES string of the molecule is CN=C(C)/C(=C\N)CNC.Cc1c(SN2CCc3ccccc3C2)cc(C=O)n1C. The lowest BCUT2D eigenvalue weighted by atomic mass is 10.0. The highest BCUT2D eigenvalue weighted by molar-refractivity contribution is 7.97. The highest BCUT2D eigenvalue weighted by Gasteiger charge is 2.19. The largest absolute Gasteiger partial charge is 0.404 e. The minimum absolute atomic E-state index is 0.738. The highest BCUT2D eigenvalue weighted by atomic mass is 32.2. The molecule has 2 aromatic rings. The van der Waals surface area contributed by atoms with Crippen molar-refractivity contribution in [1.29, 1.82) is 0 Å². The lowest BCUT2D eigenvalue weighted by Crippen LogP contribution is -2.24. The zero-order valence-electron chi connectivity index (χ0n) is 18.6. The Bertz CT molecular complexity index is 916. The quantitative estimate of drug-likeness (QED) is 0.420. The number of likely N-dealkylation sites (N-methyl/N-ethyl adjacent to an activating group) is 1. The molecule has 0 radical (unpaired) electrons. The number of nitrogens with one attached hydrogen (secondary N) is 1. The van der Waals surface area contributed by atoms with Crippen LogP contribution < -0.4 is 11.1 Å². The summed E-state index contributed by atoms with van der Waals surface area (Å²) in [5.74, 6) is 0. The molecule has 0 saturated heterocycles. The molecule has 0 fully saturated rings. The fourth-order valence-corrected chi connectivity index (χ4v) is 4.34. The van der Waals surface area contributed by atoms with Crippen LogP contribution in [0.2, 0.25) is 0 Å². The average molecular weight is 428 g/mol. The van der Waals surface area contributed by atoms with Crippen molar-refractivity contribution in [2.24, 2.45) is 17.8 Å². The summed E-state index contributed by atoms with van der Waals surface area (Å²) in [5, 5.41) is 3.00. The first-order valence-corrected chi connectivity index (χ1v) is 10.8. The molecule has 6 nitrogen and oxygen atoms in total. The zero-order valence-corrected chi connectivity index (χ0v) is 19.4. The van der Waals surface area contributed by atoms with Crippen molar-refractivity contribution in [3.8, 4) is 0 Å². The first kappa shape index (κ1) is 23.9. The molecule has 30 heavy (non-hydrogen) atoms. The van der Waals surface area contributed by atoms with Gasteiger partial charge in [0.15, 0.2) is 6.29 Å². The second-order valence-electron chi connectivity index (χ2n) is 7.20. The molecule has 0 bridgehead atoms. The summed E-state index contributed by atoms with van der Waals surface area (Å²) in [6.07, 6.45) is 3.59. The van der Waals surface area contributed by atoms with E-state index in [4.69, 9.17) is 5.73 Å². The summed E-state index contributed by atoms with van der Waals surface area (Å²) in [7, 11) is 5.58. The Morgan fingerprint density at radius 3 is 2.60 bits per heavy atom. The van der Waals surface area contributed by atoms with Crippen molar-refractivity contribution in [2.75, 3.05) is 27.2 Å². The Hall–Kier alpha value is -2.35. The summed E-state index contributed by atoms with van der Waals surface area (Å²) in [5.41, 5.74) is 12.1. The van der Waals surface area contributed by atoms with Gasteiger partial charge >= 0.3 is 0 Å². The molecule has 1 aromatic heterocycles. The van der Waals surface area contributed by atoms with Crippen LogP contribution >= 0.6 is 11.9 Å². The molecular weight excluding hydrogens is 394 g/mol. The number of nitrogens with two attached hydrogens (primary N) is 1. The van der Waals surface area contributed by atoms with Gasteiger partial charge in [-0.1, -0.05) is 24.3 Å². The molecule has 1 aromatic carbocycles. The summed E-state index contributed by atoms with van der Waals surface area (Å²) in [4.78, 5) is 16.2. The van der Waals surface area contributed by atoms with Crippen LogP contribution in [0.15, 0.2) is 52.0 Å². The van der Waals surface area contributed by atoms with E-state index in [1.807, 2.05) is 31.7 Å². The van der Waals surface area contributed by atoms with E-state index in [1.54, 1.807) is 25.2 Å². The van der Waals surface area contributed by atoms with E-state index in [9.17, 15) is 4.79 Å². The molecule has 1 aliphatic heterocycles. The van der Waals surface area contributed by atoms with Gasteiger partial charge in [-0.2, -0.15) is 0 Å². The number of hydrogen-bond acceptors (Lipinski definition) is 6. The first-order valence-electron chi connectivity index (χ1n) is 10.0. The third-order valence-electron chi connectivity index (χ3n) is 5.34. The molecule has 0 spiro atoms. The number of benzene rings is 1. The Balaban J connectivity index is 0.000000274. The van der Waals surface area contributed by atoms with Gasteiger partial charge in [-0.3, -0.25) is 9.79 Å². The maximum Gasteiger partial charge on any atom is 0.166 e. The van der Waals surface area contributed by atoms with Gasteiger partial charge in [0.25, 0.3) is 0 Å². The lowest BCUT2D eigenvalue weighted by molar-refractivity contribution is 0.111. The topological polar surface area (TPSA) is 75.7 Å². The molecular formula is C23H33N5OS. The van der Waals surface area contributed by atoms with E-state index in [0.717, 1.165) is 55.0 Å². The maximum atomic E-state index is 11.0. The van der Waals surface area contributed by atoms with Crippen LogP contribution in [0.4, 0.5) is 0 Å². The fourth-order valence-electron chi connectivity index (χ4n) is 3.23. The number of nitrogens with zero attached hydrogens (tertiary/aromatic N) is 3. The van der Waals surface area contributed by atoms with E-state index in [2.05, 4.69) is 45.8 Å². The number of carbonyl (C=O) groups excluding carboxylic acids is 1. The number of aromatic nitrogens is 1. The first-order chi connectivity index (χ1) is 14.4. The average Bonchev–Trinajstić information content (AvgIpc) is 3.05. The molecule has 0 aliphatic carbocycles. The van der Waals surface area contributed by atoms with E-state index in [0.29, 0.717) is 0 Å². The normalized spacial score (nSPS) is 14.7. The fraction of sp³-hybridized carbons (Fsp3) is 0.391. The predicted molar refractivity (Wildman–Crippen MR) is 127 cm³/mol. The number of rotatable bonds is 6. The molecule has 0 amide bonds. The number of carbonyl (C=O) groups is 1. The summed E-state index contributed by atoms with van der Waals surface area (Å²) < 4.78 is 4.33. The number of aldehydes is 1. The summed E-state index contributed by atoms with van der Waals surface area (Å²) in [6.45, 7) is 6.79. The van der Waals surface area contributed by atoms with Crippen molar-refractivity contribution < 1.29 is 4.79 Å². The van der Waals surface area contributed by atoms with E-state index >= 15 is 0 Å². The van der Waals surface area contributed by atoms with Crippen LogP contribution in [0.25, 0.3) is 0 Å². The second kappa shape index (κ2) is 11.7. The smallest absolute Gasteiger partial charge is 0.166 e. The van der Waals surface area contributed by atoms with Gasteiger partial charge < -0.3 is 15.6 Å². The van der Waals surface area contributed by atoms with E-state index in [1.165, 1.54) is 16.0 Å². The van der Waals surface area contributed by atoms with E-state index in [-0.39, 0.29) is 0 Å². The monoisotopic (exact) mass is 427 g/mol. The van der Waals surface area contributed by atoms with Crippen LogP contribution in [0, 0.1) is 6.92 Å². The Morgan fingerprint density at radius 1 is 1.33 bits per heavy atom. The van der Waals surface area contributed by atoms with Gasteiger partial charge in [0.2, 0.25) is 0 Å². The Morgan fingerprint density at radius 2 is 2.03 bits per heavy atom. The molecule has 0 unspecified atom stereocenters. The third kappa shape index (κ3) is 6.08. The predicted octanol–water partition coefficient (Wildman–Crippen LogP) is 3.35. The van der Waals surface area contributed by atoms with Crippen LogP contribution in [0.5, 0.6) is 0 Å². The van der Waals surface area contributed by atoms with E-state index < -0.39 is 0 Å². The van der Waals surface area contributed by atoms with Crippen LogP contribution in [-0.4, -0.2) is 48.1 Å². The summed E-state index contributed by atoms with van der Waals surface area (Å²) in [6, 6.07) is 10.6. The van der Waals surface area contributed by atoms with Crippen molar-refractivity contribution in [3.05, 3.63) is 64.6 Å². The third-order valence-corrected chi connectivity index (χ3v) is 6.52.